The predicted molar refractivity (Wildman–Crippen MR) is 95.3 cm³/mol. The van der Waals surface area contributed by atoms with E-state index in [2.05, 4.69) is 24.5 Å². The molecule has 0 bridgehead atoms. The molecular formula is C15H25N3O2S2. The summed E-state index contributed by atoms with van der Waals surface area (Å²) in [5, 5.41) is 11.9. The molecule has 1 rings (SSSR count). The molecule has 124 valence electrons. The van der Waals surface area contributed by atoms with Gasteiger partial charge in [0.25, 0.3) is 0 Å². The Kier molecular flexibility index (Phi) is 7.78. The summed E-state index contributed by atoms with van der Waals surface area (Å²) in [7, 11) is -3.66. The van der Waals surface area contributed by atoms with Crippen LogP contribution in [0.3, 0.4) is 0 Å². The van der Waals surface area contributed by atoms with Gasteiger partial charge in [0.2, 0.25) is 10.0 Å². The standard InChI is InChI=1S/C15H25N3O2S2/c1-3-5-6-12(4-2)11-17-15(21)18-13-7-9-14(10-8-13)22(16,19)20/h7-10,12H,3-6,11H2,1-2H3,(H2,16,19,20)(H2,17,18,21)/t12-/m0/s1. The minimum atomic E-state index is -3.66. The van der Waals surface area contributed by atoms with Gasteiger partial charge in [-0.25, -0.2) is 13.6 Å². The maximum atomic E-state index is 11.2. The Morgan fingerprint density at radius 3 is 2.41 bits per heavy atom. The van der Waals surface area contributed by atoms with Crippen LogP contribution in [0, 0.1) is 5.92 Å². The molecule has 0 aliphatic heterocycles. The maximum absolute atomic E-state index is 11.2. The first-order chi connectivity index (χ1) is 10.4. The lowest BCUT2D eigenvalue weighted by Crippen LogP contribution is -2.32. The Bertz CT molecular complexity index is 571. The van der Waals surface area contributed by atoms with Gasteiger partial charge >= 0.3 is 0 Å². The Labute approximate surface area is 138 Å². The van der Waals surface area contributed by atoms with Crippen molar-refractivity contribution in [1.29, 1.82) is 0 Å². The zero-order valence-electron chi connectivity index (χ0n) is 13.1. The summed E-state index contributed by atoms with van der Waals surface area (Å²) in [6.45, 7) is 5.22. The van der Waals surface area contributed by atoms with E-state index in [-0.39, 0.29) is 4.90 Å². The van der Waals surface area contributed by atoms with Crippen LogP contribution < -0.4 is 15.8 Å². The van der Waals surface area contributed by atoms with Crippen LogP contribution in [0.4, 0.5) is 5.69 Å². The van der Waals surface area contributed by atoms with E-state index in [0.29, 0.717) is 11.0 Å². The van der Waals surface area contributed by atoms with E-state index in [1.54, 1.807) is 12.1 Å². The molecule has 22 heavy (non-hydrogen) atoms. The summed E-state index contributed by atoms with van der Waals surface area (Å²) in [6.07, 6.45) is 4.76. The number of hydrogen-bond donors (Lipinski definition) is 3. The fourth-order valence-corrected chi connectivity index (χ4v) is 2.80. The molecule has 0 unspecified atom stereocenters. The van der Waals surface area contributed by atoms with Gasteiger partial charge in [0.1, 0.15) is 0 Å². The van der Waals surface area contributed by atoms with E-state index in [1.807, 2.05) is 0 Å². The van der Waals surface area contributed by atoms with Gasteiger partial charge in [-0.1, -0.05) is 33.1 Å². The highest BCUT2D eigenvalue weighted by atomic mass is 32.2. The molecule has 0 saturated carbocycles. The number of hydrogen-bond acceptors (Lipinski definition) is 3. The molecule has 0 saturated heterocycles. The lowest BCUT2D eigenvalue weighted by atomic mass is 9.99. The third-order valence-corrected chi connectivity index (χ3v) is 4.71. The quantitative estimate of drug-likeness (QED) is 0.632. The Hall–Kier alpha value is -1.18. The first-order valence-electron chi connectivity index (χ1n) is 7.54. The van der Waals surface area contributed by atoms with Gasteiger partial charge < -0.3 is 10.6 Å². The molecule has 1 aromatic rings. The van der Waals surface area contributed by atoms with Crippen molar-refractivity contribution >= 4 is 33.0 Å². The third kappa shape index (κ3) is 6.72. The van der Waals surface area contributed by atoms with Gasteiger partial charge in [-0.3, -0.25) is 0 Å². The number of nitrogens with one attached hydrogen (secondary N) is 2. The van der Waals surface area contributed by atoms with Crippen molar-refractivity contribution in [3.05, 3.63) is 24.3 Å². The van der Waals surface area contributed by atoms with Crippen molar-refractivity contribution in [3.63, 3.8) is 0 Å². The van der Waals surface area contributed by atoms with Crippen molar-refractivity contribution in [2.45, 2.75) is 44.4 Å². The average Bonchev–Trinajstić information content (AvgIpc) is 2.47. The van der Waals surface area contributed by atoms with E-state index < -0.39 is 10.0 Å². The van der Waals surface area contributed by atoms with E-state index >= 15 is 0 Å². The van der Waals surface area contributed by atoms with Gasteiger partial charge in [0.05, 0.1) is 4.90 Å². The summed E-state index contributed by atoms with van der Waals surface area (Å²) in [5.41, 5.74) is 0.728. The van der Waals surface area contributed by atoms with Crippen LogP contribution in [0.5, 0.6) is 0 Å². The minimum absolute atomic E-state index is 0.0857. The normalized spacial score (nSPS) is 12.7. The first-order valence-corrected chi connectivity index (χ1v) is 9.50. The van der Waals surface area contributed by atoms with Gasteiger partial charge in [-0.05, 0) is 48.8 Å². The largest absolute Gasteiger partial charge is 0.362 e. The highest BCUT2D eigenvalue weighted by molar-refractivity contribution is 7.89. The third-order valence-electron chi connectivity index (χ3n) is 3.54. The Balaban J connectivity index is 2.48. The van der Waals surface area contributed by atoms with Crippen LogP contribution in [0.15, 0.2) is 29.2 Å². The molecule has 0 heterocycles. The number of primary sulfonamides is 1. The fraction of sp³-hybridized carbons (Fsp3) is 0.533. The smallest absolute Gasteiger partial charge is 0.238 e. The monoisotopic (exact) mass is 343 g/mol. The molecule has 7 heteroatoms. The van der Waals surface area contributed by atoms with E-state index in [0.717, 1.165) is 18.7 Å². The Morgan fingerprint density at radius 1 is 1.27 bits per heavy atom. The first kappa shape index (κ1) is 18.9. The minimum Gasteiger partial charge on any atom is -0.362 e. The number of anilines is 1. The van der Waals surface area contributed by atoms with Gasteiger partial charge in [-0.2, -0.15) is 0 Å². The van der Waals surface area contributed by atoms with Gasteiger partial charge in [0.15, 0.2) is 5.11 Å². The number of benzene rings is 1. The summed E-state index contributed by atoms with van der Waals surface area (Å²) in [5.74, 6) is 0.615. The van der Waals surface area contributed by atoms with Gasteiger partial charge in [-0.15, -0.1) is 0 Å². The number of unbranched alkanes of at least 4 members (excludes halogenated alkanes) is 1. The van der Waals surface area contributed by atoms with Crippen molar-refractivity contribution < 1.29 is 8.42 Å². The van der Waals surface area contributed by atoms with Crippen molar-refractivity contribution in [3.8, 4) is 0 Å². The second kappa shape index (κ2) is 9.07. The molecule has 0 aliphatic rings. The molecule has 0 radical (unpaired) electrons. The van der Waals surface area contributed by atoms with E-state index in [9.17, 15) is 8.42 Å². The van der Waals surface area contributed by atoms with Crippen molar-refractivity contribution in [1.82, 2.24) is 5.32 Å². The molecule has 0 amide bonds. The molecule has 1 aromatic carbocycles. The summed E-state index contributed by atoms with van der Waals surface area (Å²) in [6, 6.07) is 6.19. The number of rotatable bonds is 8. The lowest BCUT2D eigenvalue weighted by Gasteiger charge is -2.17. The van der Waals surface area contributed by atoms with Crippen LogP contribution >= 0.6 is 12.2 Å². The van der Waals surface area contributed by atoms with Crippen LogP contribution in [0.25, 0.3) is 0 Å². The molecule has 0 fully saturated rings. The molecule has 1 atom stereocenters. The molecule has 0 spiro atoms. The molecule has 0 aromatic heterocycles. The van der Waals surface area contributed by atoms with Crippen molar-refractivity contribution in [2.75, 3.05) is 11.9 Å². The lowest BCUT2D eigenvalue weighted by molar-refractivity contribution is 0.446. The van der Waals surface area contributed by atoms with E-state index in [4.69, 9.17) is 17.4 Å². The number of sulfonamides is 1. The summed E-state index contributed by atoms with van der Waals surface area (Å²) < 4.78 is 22.4. The zero-order valence-corrected chi connectivity index (χ0v) is 14.8. The van der Waals surface area contributed by atoms with Crippen molar-refractivity contribution in [2.24, 2.45) is 11.1 Å². The Morgan fingerprint density at radius 2 is 1.91 bits per heavy atom. The molecule has 0 aliphatic carbocycles. The van der Waals surface area contributed by atoms with Crippen LogP contribution in [0.2, 0.25) is 0 Å². The molecular weight excluding hydrogens is 318 g/mol. The average molecular weight is 344 g/mol. The van der Waals surface area contributed by atoms with Crippen LogP contribution in [-0.2, 0) is 10.0 Å². The molecule has 5 nitrogen and oxygen atoms in total. The van der Waals surface area contributed by atoms with E-state index in [1.165, 1.54) is 31.4 Å². The second-order valence-electron chi connectivity index (χ2n) is 5.32. The van der Waals surface area contributed by atoms with Gasteiger partial charge in [0, 0.05) is 12.2 Å². The SMILES string of the molecule is CCCC[C@H](CC)CNC(=S)Nc1ccc(S(N)(=O)=O)cc1. The zero-order chi connectivity index (χ0) is 16.6. The highest BCUT2D eigenvalue weighted by Crippen LogP contribution is 2.13. The number of nitrogens with two attached hydrogens (primary N) is 1. The summed E-state index contributed by atoms with van der Waals surface area (Å²) in [4.78, 5) is 0.0857. The topological polar surface area (TPSA) is 84.2 Å². The maximum Gasteiger partial charge on any atom is 0.238 e. The fourth-order valence-electron chi connectivity index (χ4n) is 2.08. The summed E-state index contributed by atoms with van der Waals surface area (Å²) >= 11 is 5.26. The van der Waals surface area contributed by atoms with Crippen LogP contribution in [-0.4, -0.2) is 20.1 Å². The van der Waals surface area contributed by atoms with Crippen LogP contribution in [0.1, 0.15) is 39.5 Å². The second-order valence-corrected chi connectivity index (χ2v) is 7.29. The number of thiocarbonyl (C=S) groups is 1. The molecule has 4 N–H and O–H groups in total. The highest BCUT2D eigenvalue weighted by Gasteiger charge is 2.08. The predicted octanol–water partition coefficient (Wildman–Crippen LogP) is 2.84.